The molecule has 0 amide bonds. The Bertz CT molecular complexity index is 1270. The summed E-state index contributed by atoms with van der Waals surface area (Å²) >= 11 is 1.03. The van der Waals surface area contributed by atoms with E-state index in [9.17, 15) is 18.4 Å². The minimum absolute atomic E-state index is 0.0368. The highest BCUT2D eigenvalue weighted by atomic mass is 32.2. The average Bonchev–Trinajstić information content (AvgIpc) is 2.73. The molecule has 144 valence electrons. The molecule has 29 heavy (non-hydrogen) atoms. The van der Waals surface area contributed by atoms with Crippen molar-refractivity contribution in [3.63, 3.8) is 0 Å². The molecule has 0 spiro atoms. The zero-order valence-electron chi connectivity index (χ0n) is 15.0. The summed E-state index contributed by atoms with van der Waals surface area (Å²) in [7, 11) is 0. The van der Waals surface area contributed by atoms with Crippen molar-refractivity contribution >= 4 is 28.4 Å². The summed E-state index contributed by atoms with van der Waals surface area (Å²) in [5.74, 6) is -1.29. The number of ketones is 1. The molecule has 0 aliphatic carbocycles. The molecule has 0 aliphatic heterocycles. The minimum Gasteiger partial charge on any atom is -0.293 e. The number of thioether (sulfide) groups is 1. The van der Waals surface area contributed by atoms with Crippen LogP contribution >= 0.6 is 11.8 Å². The van der Waals surface area contributed by atoms with Crippen LogP contribution in [0.2, 0.25) is 0 Å². The van der Waals surface area contributed by atoms with Crippen LogP contribution in [0.3, 0.4) is 0 Å². The lowest BCUT2D eigenvalue weighted by molar-refractivity contribution is 0.102. The molecule has 0 bridgehead atoms. The van der Waals surface area contributed by atoms with E-state index in [0.717, 1.165) is 11.8 Å². The fourth-order valence-electron chi connectivity index (χ4n) is 2.90. The standard InChI is InChI=1S/C22H14F2N2O2S/c23-15-11-9-14(10-12-15)20(27)13-29-22-25-18-7-3-1-5-16(18)21(28)26(22)19-8-4-2-6-17(19)24/h1-12H,13H2. The fourth-order valence-corrected chi connectivity index (χ4v) is 3.80. The number of carbonyl (C=O) groups is 1. The highest BCUT2D eigenvalue weighted by Crippen LogP contribution is 2.23. The van der Waals surface area contributed by atoms with Crippen LogP contribution in [0.4, 0.5) is 8.78 Å². The number of benzene rings is 3. The number of hydrogen-bond acceptors (Lipinski definition) is 4. The van der Waals surface area contributed by atoms with Gasteiger partial charge in [-0.05, 0) is 48.5 Å². The summed E-state index contributed by atoms with van der Waals surface area (Å²) < 4.78 is 28.7. The van der Waals surface area contributed by atoms with Gasteiger partial charge >= 0.3 is 0 Å². The lowest BCUT2D eigenvalue weighted by Crippen LogP contribution is -2.23. The maximum atomic E-state index is 14.4. The molecule has 0 saturated carbocycles. The van der Waals surface area contributed by atoms with Gasteiger partial charge < -0.3 is 0 Å². The lowest BCUT2D eigenvalue weighted by atomic mass is 10.1. The van der Waals surface area contributed by atoms with Gasteiger partial charge in [0.15, 0.2) is 10.9 Å². The third-order valence-electron chi connectivity index (χ3n) is 4.34. The first-order chi connectivity index (χ1) is 14.0. The molecule has 3 aromatic carbocycles. The van der Waals surface area contributed by atoms with Crippen molar-refractivity contribution in [2.75, 3.05) is 5.75 Å². The maximum Gasteiger partial charge on any atom is 0.266 e. The van der Waals surface area contributed by atoms with Crippen LogP contribution in [-0.4, -0.2) is 21.1 Å². The monoisotopic (exact) mass is 408 g/mol. The number of aromatic nitrogens is 2. The zero-order chi connectivity index (χ0) is 20.4. The number of para-hydroxylation sites is 2. The molecule has 7 heteroatoms. The normalized spacial score (nSPS) is 11.0. The summed E-state index contributed by atoms with van der Waals surface area (Å²) in [6.07, 6.45) is 0. The van der Waals surface area contributed by atoms with Gasteiger partial charge in [0, 0.05) is 5.56 Å². The number of fused-ring (bicyclic) bond motifs is 1. The van der Waals surface area contributed by atoms with Gasteiger partial charge in [0.1, 0.15) is 11.6 Å². The van der Waals surface area contributed by atoms with Crippen LogP contribution in [0.1, 0.15) is 10.4 Å². The fraction of sp³-hybridized carbons (Fsp3) is 0.0455. The average molecular weight is 408 g/mol. The first-order valence-corrected chi connectivity index (χ1v) is 9.71. The predicted molar refractivity (Wildman–Crippen MR) is 109 cm³/mol. The number of carbonyl (C=O) groups excluding carboxylic acids is 1. The van der Waals surface area contributed by atoms with E-state index in [4.69, 9.17) is 0 Å². The Hall–Kier alpha value is -3.32. The first kappa shape index (κ1) is 19.0. The molecule has 0 saturated heterocycles. The molecule has 0 radical (unpaired) electrons. The van der Waals surface area contributed by atoms with E-state index in [0.29, 0.717) is 16.5 Å². The second-order valence-corrected chi connectivity index (χ2v) is 7.16. The minimum atomic E-state index is -0.571. The number of hydrogen-bond donors (Lipinski definition) is 0. The van der Waals surface area contributed by atoms with Gasteiger partial charge in [0.2, 0.25) is 0 Å². The smallest absolute Gasteiger partial charge is 0.266 e. The lowest BCUT2D eigenvalue weighted by Gasteiger charge is -2.13. The summed E-state index contributed by atoms with van der Waals surface area (Å²) in [5, 5.41) is 0.555. The largest absolute Gasteiger partial charge is 0.293 e. The summed E-state index contributed by atoms with van der Waals surface area (Å²) in [6, 6.07) is 17.9. The van der Waals surface area contributed by atoms with Crippen LogP contribution in [0.5, 0.6) is 0 Å². The van der Waals surface area contributed by atoms with Gasteiger partial charge in [0.25, 0.3) is 5.56 Å². The van der Waals surface area contributed by atoms with Crippen LogP contribution in [-0.2, 0) is 0 Å². The Kier molecular flexibility index (Phi) is 5.22. The third-order valence-corrected chi connectivity index (χ3v) is 5.28. The number of Topliss-reactive ketones (excluding diaryl/α,β-unsaturated/α-hetero) is 1. The first-order valence-electron chi connectivity index (χ1n) is 8.73. The molecule has 0 fully saturated rings. The topological polar surface area (TPSA) is 52.0 Å². The molecule has 0 unspecified atom stereocenters. The third kappa shape index (κ3) is 3.82. The van der Waals surface area contributed by atoms with Crippen molar-refractivity contribution in [1.82, 2.24) is 9.55 Å². The van der Waals surface area contributed by atoms with E-state index in [1.165, 1.54) is 47.0 Å². The van der Waals surface area contributed by atoms with E-state index in [1.807, 2.05) is 0 Å². The van der Waals surface area contributed by atoms with Crippen molar-refractivity contribution in [2.45, 2.75) is 5.16 Å². The molecule has 4 rings (SSSR count). The second kappa shape index (κ2) is 7.97. The highest BCUT2D eigenvalue weighted by molar-refractivity contribution is 7.99. The van der Waals surface area contributed by atoms with Crippen LogP contribution < -0.4 is 5.56 Å². The number of rotatable bonds is 5. The molecule has 0 N–H and O–H groups in total. The van der Waals surface area contributed by atoms with Gasteiger partial charge in [-0.15, -0.1) is 0 Å². The maximum absolute atomic E-state index is 14.4. The van der Waals surface area contributed by atoms with Crippen molar-refractivity contribution in [1.29, 1.82) is 0 Å². The summed E-state index contributed by atoms with van der Waals surface area (Å²) in [4.78, 5) is 30.0. The summed E-state index contributed by atoms with van der Waals surface area (Å²) in [5.41, 5.74) is 0.450. The Labute approximate surface area is 168 Å². The Morgan fingerprint density at radius 3 is 2.38 bits per heavy atom. The van der Waals surface area contributed by atoms with Crippen molar-refractivity contribution in [3.8, 4) is 5.69 Å². The second-order valence-electron chi connectivity index (χ2n) is 6.22. The SMILES string of the molecule is O=C(CSc1nc2ccccc2c(=O)n1-c1ccccc1F)c1ccc(F)cc1. The van der Waals surface area contributed by atoms with Gasteiger partial charge in [-0.25, -0.2) is 13.8 Å². The van der Waals surface area contributed by atoms with Crippen molar-refractivity contribution < 1.29 is 13.6 Å². The van der Waals surface area contributed by atoms with Crippen LogP contribution in [0.15, 0.2) is 82.7 Å². The van der Waals surface area contributed by atoms with Crippen molar-refractivity contribution in [3.05, 3.63) is 100 Å². The summed E-state index contributed by atoms with van der Waals surface area (Å²) in [6.45, 7) is 0. The molecular weight excluding hydrogens is 394 g/mol. The molecular formula is C22H14F2N2O2S. The number of halogens is 2. The van der Waals surface area contributed by atoms with E-state index in [2.05, 4.69) is 4.98 Å². The van der Waals surface area contributed by atoms with E-state index >= 15 is 0 Å². The Morgan fingerprint density at radius 1 is 0.931 bits per heavy atom. The van der Waals surface area contributed by atoms with E-state index < -0.39 is 17.2 Å². The van der Waals surface area contributed by atoms with Gasteiger partial charge in [-0.1, -0.05) is 36.0 Å². The Morgan fingerprint density at radius 2 is 1.62 bits per heavy atom. The molecule has 4 nitrogen and oxygen atoms in total. The van der Waals surface area contributed by atoms with E-state index in [1.54, 1.807) is 30.3 Å². The van der Waals surface area contributed by atoms with Crippen LogP contribution in [0.25, 0.3) is 16.6 Å². The van der Waals surface area contributed by atoms with E-state index in [-0.39, 0.29) is 22.4 Å². The van der Waals surface area contributed by atoms with Gasteiger partial charge in [-0.3, -0.25) is 14.2 Å². The molecule has 4 aromatic rings. The molecule has 0 atom stereocenters. The highest BCUT2D eigenvalue weighted by Gasteiger charge is 2.17. The number of nitrogens with zero attached hydrogens (tertiary/aromatic N) is 2. The van der Waals surface area contributed by atoms with Gasteiger partial charge in [0.05, 0.1) is 22.3 Å². The zero-order valence-corrected chi connectivity index (χ0v) is 15.8. The quantitative estimate of drug-likeness (QED) is 0.274. The molecule has 1 aromatic heterocycles. The molecule has 1 heterocycles. The van der Waals surface area contributed by atoms with Crippen molar-refractivity contribution in [2.24, 2.45) is 0 Å². The Balaban J connectivity index is 1.77. The van der Waals surface area contributed by atoms with Crippen LogP contribution in [0, 0.1) is 11.6 Å². The van der Waals surface area contributed by atoms with Gasteiger partial charge in [-0.2, -0.15) is 0 Å². The molecule has 0 aliphatic rings. The predicted octanol–water partition coefficient (Wildman–Crippen LogP) is 4.64.